The molecule has 3 N–H and O–H groups in total. The van der Waals surface area contributed by atoms with Crippen LogP contribution in [0.4, 0.5) is 23.8 Å². The van der Waals surface area contributed by atoms with Crippen LogP contribution in [0.2, 0.25) is 0 Å². The van der Waals surface area contributed by atoms with Crippen molar-refractivity contribution < 1.29 is 22.7 Å². The van der Waals surface area contributed by atoms with Gasteiger partial charge in [0, 0.05) is 31.3 Å². The van der Waals surface area contributed by atoms with Crippen LogP contribution in [0.1, 0.15) is 36.9 Å². The number of nitrogen functional groups attached to an aromatic ring is 1. The minimum absolute atomic E-state index is 0.0883. The van der Waals surface area contributed by atoms with Gasteiger partial charge in [0.15, 0.2) is 0 Å². The Labute approximate surface area is 188 Å². The number of hydrogen-bond donors (Lipinski definition) is 2. The second kappa shape index (κ2) is 6.85. The first-order valence-electron chi connectivity index (χ1n) is 11.2. The molecule has 2 aromatic rings. The second-order valence-electron chi connectivity index (χ2n) is 9.94. The zero-order valence-electron chi connectivity index (χ0n) is 18.0. The number of halogens is 3. The van der Waals surface area contributed by atoms with Gasteiger partial charge in [-0.2, -0.15) is 18.3 Å². The molecule has 1 atom stereocenters. The summed E-state index contributed by atoms with van der Waals surface area (Å²) in [5.74, 6) is 0.303. The Morgan fingerprint density at radius 2 is 2.06 bits per heavy atom. The number of likely N-dealkylation sites (tertiary alicyclic amines) is 1. The Morgan fingerprint density at radius 3 is 2.76 bits per heavy atom. The zero-order valence-corrected chi connectivity index (χ0v) is 18.0. The number of carbonyl (C=O) groups is 1. The number of nitrogens with one attached hydrogen (secondary N) is 1. The van der Waals surface area contributed by atoms with E-state index in [-0.39, 0.29) is 11.6 Å². The Kier molecular flexibility index (Phi) is 4.31. The molecule has 5 aliphatic rings. The predicted molar refractivity (Wildman–Crippen MR) is 112 cm³/mol. The van der Waals surface area contributed by atoms with E-state index in [0.29, 0.717) is 43.8 Å². The summed E-state index contributed by atoms with van der Waals surface area (Å²) < 4.78 is 47.8. The molecule has 3 saturated carbocycles. The molecular weight excluding hydrogens is 437 g/mol. The first-order chi connectivity index (χ1) is 15.7. The fraction of sp³-hybridized carbons (Fsp3) is 0.591. The number of nitrogens with zero attached hydrogens (tertiary/aromatic N) is 4. The number of nitrogens with two attached hydrogens (primary N) is 1. The second-order valence-corrected chi connectivity index (χ2v) is 9.94. The fourth-order valence-electron chi connectivity index (χ4n) is 5.87. The lowest BCUT2D eigenvalue weighted by Crippen LogP contribution is -2.58. The number of hydrogen-bond acceptors (Lipinski definition) is 5. The highest BCUT2D eigenvalue weighted by Gasteiger charge is 2.56. The average Bonchev–Trinajstić information content (AvgIpc) is 3.31. The number of anilines is 1. The molecule has 2 bridgehead atoms. The van der Waals surface area contributed by atoms with Crippen molar-refractivity contribution in [2.75, 3.05) is 32.0 Å². The van der Waals surface area contributed by atoms with Crippen molar-refractivity contribution in [2.24, 2.45) is 11.3 Å². The van der Waals surface area contributed by atoms with E-state index in [1.54, 1.807) is 15.6 Å². The molecule has 8 nitrogen and oxygen atoms in total. The maximum atomic E-state index is 13.3. The number of aromatic nitrogens is 3. The van der Waals surface area contributed by atoms with Crippen molar-refractivity contribution in [3.8, 4) is 11.3 Å². The SMILES string of the molecule is Nc1ncc(-c2cc3n(n2)CCO[C@@]32CCN(C(=O)NCC34CC(C3)C4)C2)cc1C(F)(F)F. The van der Waals surface area contributed by atoms with E-state index < -0.39 is 23.2 Å². The number of carbonyl (C=O) groups excluding carboxylic acids is 1. The quantitative estimate of drug-likeness (QED) is 0.731. The van der Waals surface area contributed by atoms with Gasteiger partial charge in [-0.1, -0.05) is 0 Å². The molecule has 2 aromatic heterocycles. The molecule has 2 amide bonds. The third-order valence-corrected chi connectivity index (χ3v) is 7.75. The third-order valence-electron chi connectivity index (χ3n) is 7.75. The molecule has 1 saturated heterocycles. The van der Waals surface area contributed by atoms with Gasteiger partial charge in [0.1, 0.15) is 11.4 Å². The number of rotatable bonds is 3. The molecule has 7 rings (SSSR count). The summed E-state index contributed by atoms with van der Waals surface area (Å²) in [6.07, 6.45) is 0.961. The van der Waals surface area contributed by atoms with Gasteiger partial charge in [-0.05, 0) is 42.7 Å². The van der Waals surface area contributed by atoms with E-state index in [4.69, 9.17) is 10.5 Å². The summed E-state index contributed by atoms with van der Waals surface area (Å²) in [4.78, 5) is 18.3. The Balaban J connectivity index is 1.22. The normalized spacial score (nSPS) is 30.0. The van der Waals surface area contributed by atoms with Crippen molar-refractivity contribution in [3.63, 3.8) is 0 Å². The van der Waals surface area contributed by atoms with Crippen LogP contribution < -0.4 is 11.1 Å². The molecule has 0 unspecified atom stereocenters. The first kappa shape index (κ1) is 20.8. The van der Waals surface area contributed by atoms with E-state index >= 15 is 0 Å². The first-order valence-corrected chi connectivity index (χ1v) is 11.2. The van der Waals surface area contributed by atoms with Crippen LogP contribution in [0, 0.1) is 11.3 Å². The van der Waals surface area contributed by atoms with E-state index in [1.807, 2.05) is 0 Å². The maximum Gasteiger partial charge on any atom is 0.419 e. The molecule has 0 radical (unpaired) electrons. The zero-order chi connectivity index (χ0) is 23.0. The maximum absolute atomic E-state index is 13.3. The van der Waals surface area contributed by atoms with Crippen molar-refractivity contribution in [1.82, 2.24) is 25.0 Å². The van der Waals surface area contributed by atoms with Gasteiger partial charge < -0.3 is 20.7 Å². The molecule has 176 valence electrons. The highest BCUT2D eigenvalue weighted by Crippen LogP contribution is 2.63. The molecular formula is C22H25F3N6O2. The molecule has 1 spiro atoms. The fourth-order valence-corrected chi connectivity index (χ4v) is 5.87. The van der Waals surface area contributed by atoms with Gasteiger partial charge in [0.2, 0.25) is 0 Å². The number of urea groups is 1. The van der Waals surface area contributed by atoms with Gasteiger partial charge in [-0.15, -0.1) is 0 Å². The van der Waals surface area contributed by atoms with Crippen LogP contribution in [-0.4, -0.2) is 51.9 Å². The Morgan fingerprint density at radius 1 is 1.27 bits per heavy atom. The standard InChI is InChI=1S/C22H25F3N6O2/c23-22(24,25)15-5-14(10-27-18(15)26)16-6-17-21(33-4-3-31(17)29-16)1-2-30(12-21)19(32)28-11-20-7-13(8-20)9-20/h5-6,10,13H,1-4,7-9,11-12H2,(H2,26,27)(H,28,32)/t13?,20?,21-/m1/s1. The largest absolute Gasteiger partial charge is 0.419 e. The molecule has 4 fully saturated rings. The lowest BCUT2D eigenvalue weighted by atomic mass is 9.44. The molecule has 11 heteroatoms. The number of fused-ring (bicyclic) bond motifs is 2. The number of amides is 2. The van der Waals surface area contributed by atoms with E-state index in [2.05, 4.69) is 15.4 Å². The predicted octanol–water partition coefficient (Wildman–Crippen LogP) is 2.99. The summed E-state index contributed by atoms with van der Waals surface area (Å²) in [6.45, 7) is 2.56. The van der Waals surface area contributed by atoms with Crippen molar-refractivity contribution >= 4 is 11.8 Å². The topological polar surface area (TPSA) is 98.3 Å². The van der Waals surface area contributed by atoms with E-state index in [0.717, 1.165) is 24.2 Å². The highest BCUT2D eigenvalue weighted by atomic mass is 19.4. The van der Waals surface area contributed by atoms with E-state index in [1.165, 1.54) is 25.5 Å². The van der Waals surface area contributed by atoms with Gasteiger partial charge in [0.05, 0.1) is 36.6 Å². The lowest BCUT2D eigenvalue weighted by Gasteiger charge is -2.62. The molecule has 2 aliphatic heterocycles. The smallest absolute Gasteiger partial charge is 0.383 e. The summed E-state index contributed by atoms with van der Waals surface area (Å²) in [5, 5.41) is 7.61. The Bertz CT molecular complexity index is 1110. The van der Waals surface area contributed by atoms with Gasteiger partial charge in [-0.25, -0.2) is 9.78 Å². The van der Waals surface area contributed by atoms with Crippen LogP contribution in [0.5, 0.6) is 0 Å². The Hall–Kier alpha value is -2.82. The summed E-state index contributed by atoms with van der Waals surface area (Å²) in [6, 6.07) is 2.63. The third kappa shape index (κ3) is 3.27. The van der Waals surface area contributed by atoms with Crippen LogP contribution in [-0.2, 0) is 23.1 Å². The molecule has 33 heavy (non-hydrogen) atoms. The van der Waals surface area contributed by atoms with Crippen LogP contribution >= 0.6 is 0 Å². The van der Waals surface area contributed by atoms with Crippen LogP contribution in [0.15, 0.2) is 18.3 Å². The highest BCUT2D eigenvalue weighted by molar-refractivity contribution is 5.75. The monoisotopic (exact) mass is 462 g/mol. The van der Waals surface area contributed by atoms with Crippen LogP contribution in [0.3, 0.4) is 0 Å². The van der Waals surface area contributed by atoms with Gasteiger partial charge >= 0.3 is 12.2 Å². The number of ether oxygens (including phenoxy) is 1. The van der Waals surface area contributed by atoms with Crippen molar-refractivity contribution in [1.29, 1.82) is 0 Å². The minimum atomic E-state index is -4.60. The minimum Gasteiger partial charge on any atom is -0.383 e. The molecule has 0 aromatic carbocycles. The average molecular weight is 462 g/mol. The van der Waals surface area contributed by atoms with Gasteiger partial charge in [0.25, 0.3) is 0 Å². The van der Waals surface area contributed by atoms with Crippen LogP contribution in [0.25, 0.3) is 11.3 Å². The molecule has 3 aliphatic carbocycles. The molecule has 4 heterocycles. The summed E-state index contributed by atoms with van der Waals surface area (Å²) in [5.41, 5.74) is 5.44. The van der Waals surface area contributed by atoms with E-state index in [9.17, 15) is 18.0 Å². The lowest BCUT2D eigenvalue weighted by molar-refractivity contribution is -0.137. The summed E-state index contributed by atoms with van der Waals surface area (Å²) in [7, 11) is 0. The number of alkyl halides is 3. The summed E-state index contributed by atoms with van der Waals surface area (Å²) >= 11 is 0. The number of pyridine rings is 1. The van der Waals surface area contributed by atoms with Crippen molar-refractivity contribution in [3.05, 3.63) is 29.6 Å². The van der Waals surface area contributed by atoms with Gasteiger partial charge in [-0.3, -0.25) is 4.68 Å². The van der Waals surface area contributed by atoms with Crippen molar-refractivity contribution in [2.45, 2.75) is 44.0 Å².